The first-order valence-corrected chi connectivity index (χ1v) is 7.12. The van der Waals surface area contributed by atoms with Crippen molar-refractivity contribution in [2.24, 2.45) is 0 Å². The van der Waals surface area contributed by atoms with Crippen LogP contribution < -0.4 is 10.6 Å². The predicted molar refractivity (Wildman–Crippen MR) is 77.2 cm³/mol. The molecule has 0 radical (unpaired) electrons. The van der Waals surface area contributed by atoms with E-state index in [-0.39, 0.29) is 17.7 Å². The van der Waals surface area contributed by atoms with Crippen molar-refractivity contribution in [1.29, 1.82) is 0 Å². The number of carbonyl (C=O) groups excluding carboxylic acids is 2. The number of carbonyl (C=O) groups is 2. The summed E-state index contributed by atoms with van der Waals surface area (Å²) < 4.78 is 0.591. The van der Waals surface area contributed by atoms with Crippen LogP contribution in [0.25, 0.3) is 0 Å². The normalized spacial score (nSPS) is 15.4. The maximum Gasteiger partial charge on any atom is 0.317 e. The summed E-state index contributed by atoms with van der Waals surface area (Å²) in [6, 6.07) is 4.88. The van der Waals surface area contributed by atoms with Crippen LogP contribution in [0.3, 0.4) is 0 Å². The second kappa shape index (κ2) is 6.60. The number of halogens is 1. The molecule has 108 valence electrons. The van der Waals surface area contributed by atoms with Crippen LogP contribution in [0.5, 0.6) is 5.75 Å². The van der Waals surface area contributed by atoms with Crippen LogP contribution >= 0.6 is 15.9 Å². The summed E-state index contributed by atoms with van der Waals surface area (Å²) in [5, 5.41) is 14.9. The summed E-state index contributed by atoms with van der Waals surface area (Å²) in [6.45, 7) is 1.79. The minimum Gasteiger partial charge on any atom is -0.507 e. The summed E-state index contributed by atoms with van der Waals surface area (Å²) in [4.78, 5) is 24.8. The monoisotopic (exact) mass is 341 g/mol. The van der Waals surface area contributed by atoms with Gasteiger partial charge in [0.2, 0.25) is 5.91 Å². The summed E-state index contributed by atoms with van der Waals surface area (Å²) in [5.74, 6) is 0.139. The van der Waals surface area contributed by atoms with E-state index >= 15 is 0 Å². The van der Waals surface area contributed by atoms with E-state index in [4.69, 9.17) is 0 Å². The lowest BCUT2D eigenvalue weighted by Gasteiger charge is -2.20. The van der Waals surface area contributed by atoms with Crippen molar-refractivity contribution < 1.29 is 14.7 Å². The maximum atomic E-state index is 12.0. The number of benzene rings is 1. The largest absolute Gasteiger partial charge is 0.507 e. The molecule has 3 N–H and O–H groups in total. The van der Waals surface area contributed by atoms with Gasteiger partial charge in [-0.2, -0.15) is 0 Å². The molecule has 0 unspecified atom stereocenters. The van der Waals surface area contributed by atoms with Gasteiger partial charge in [0.05, 0.1) is 4.47 Å². The second-order valence-electron chi connectivity index (χ2n) is 4.53. The molecule has 1 aliphatic heterocycles. The highest BCUT2D eigenvalue weighted by Crippen LogP contribution is 2.24. The fourth-order valence-corrected chi connectivity index (χ4v) is 2.35. The van der Waals surface area contributed by atoms with E-state index in [1.807, 2.05) is 0 Å². The first-order valence-electron chi connectivity index (χ1n) is 6.33. The van der Waals surface area contributed by atoms with Gasteiger partial charge in [0.25, 0.3) is 0 Å². The fraction of sp³-hybridized carbons (Fsp3) is 0.385. The quantitative estimate of drug-likeness (QED) is 0.755. The number of phenolic OH excluding ortho intramolecular Hbond substituents is 1. The average Bonchev–Trinajstić information content (AvgIpc) is 2.64. The molecule has 0 aliphatic carbocycles. The smallest absolute Gasteiger partial charge is 0.317 e. The third-order valence-electron chi connectivity index (χ3n) is 3.06. The number of amides is 3. The summed E-state index contributed by atoms with van der Waals surface area (Å²) in [6.07, 6.45) is 0.332. The molecule has 0 atom stereocenters. The molecular weight excluding hydrogens is 326 g/mol. The van der Waals surface area contributed by atoms with E-state index in [0.29, 0.717) is 37.1 Å². The SMILES string of the molecule is O=C1CCN(C(=O)NCc2ccc(O)c(Br)c2)CCN1. The third kappa shape index (κ3) is 3.86. The fourth-order valence-electron chi connectivity index (χ4n) is 1.92. The van der Waals surface area contributed by atoms with E-state index in [1.165, 1.54) is 0 Å². The molecule has 0 aromatic heterocycles. The Morgan fingerprint density at radius 2 is 2.25 bits per heavy atom. The van der Waals surface area contributed by atoms with Gasteiger partial charge >= 0.3 is 6.03 Å². The summed E-state index contributed by atoms with van der Waals surface area (Å²) in [7, 11) is 0. The van der Waals surface area contributed by atoms with Gasteiger partial charge in [0.15, 0.2) is 0 Å². The Bertz CT molecular complexity index is 522. The van der Waals surface area contributed by atoms with Crippen LogP contribution in [0.2, 0.25) is 0 Å². The van der Waals surface area contributed by atoms with Gasteiger partial charge in [0.1, 0.15) is 5.75 Å². The molecule has 0 saturated carbocycles. The van der Waals surface area contributed by atoms with Crippen LogP contribution in [0.4, 0.5) is 4.79 Å². The van der Waals surface area contributed by atoms with Crippen LogP contribution in [-0.4, -0.2) is 41.6 Å². The Labute approximate surface area is 125 Å². The predicted octanol–water partition coefficient (Wildman–Crippen LogP) is 1.19. The third-order valence-corrected chi connectivity index (χ3v) is 3.69. The molecule has 2 rings (SSSR count). The first-order chi connectivity index (χ1) is 9.56. The minimum atomic E-state index is -0.189. The Hall–Kier alpha value is -1.76. The van der Waals surface area contributed by atoms with Crippen molar-refractivity contribution in [3.05, 3.63) is 28.2 Å². The molecule has 1 aromatic rings. The first kappa shape index (κ1) is 14.6. The molecule has 1 heterocycles. The van der Waals surface area contributed by atoms with Crippen molar-refractivity contribution in [2.45, 2.75) is 13.0 Å². The molecule has 1 fully saturated rings. The number of phenols is 1. The number of nitrogens with one attached hydrogen (secondary N) is 2. The Balaban J connectivity index is 1.88. The number of nitrogens with zero attached hydrogens (tertiary/aromatic N) is 1. The zero-order chi connectivity index (χ0) is 14.5. The van der Waals surface area contributed by atoms with Gasteiger partial charge < -0.3 is 20.6 Å². The van der Waals surface area contributed by atoms with Gasteiger partial charge in [-0.3, -0.25) is 4.79 Å². The van der Waals surface area contributed by atoms with E-state index in [0.717, 1.165) is 5.56 Å². The molecule has 1 aliphatic rings. The zero-order valence-electron chi connectivity index (χ0n) is 10.9. The highest BCUT2D eigenvalue weighted by molar-refractivity contribution is 9.10. The summed E-state index contributed by atoms with van der Waals surface area (Å²) >= 11 is 3.23. The standard InChI is InChI=1S/C13H16BrN3O3/c14-10-7-9(1-2-11(10)18)8-16-13(20)17-5-3-12(19)15-4-6-17/h1-2,7,18H,3-6,8H2,(H,15,19)(H,16,20). The molecule has 7 heteroatoms. The average molecular weight is 342 g/mol. The summed E-state index contributed by atoms with van der Waals surface area (Å²) in [5.41, 5.74) is 0.882. The molecule has 1 aromatic carbocycles. The van der Waals surface area contributed by atoms with Crippen molar-refractivity contribution in [2.75, 3.05) is 19.6 Å². The van der Waals surface area contributed by atoms with Crippen LogP contribution in [0.1, 0.15) is 12.0 Å². The van der Waals surface area contributed by atoms with Crippen molar-refractivity contribution in [3.8, 4) is 5.75 Å². The zero-order valence-corrected chi connectivity index (χ0v) is 12.4. The van der Waals surface area contributed by atoms with E-state index in [1.54, 1.807) is 23.1 Å². The Morgan fingerprint density at radius 3 is 3.00 bits per heavy atom. The molecular formula is C13H16BrN3O3. The Kier molecular flexibility index (Phi) is 4.84. The van der Waals surface area contributed by atoms with Crippen LogP contribution in [0, 0.1) is 0 Å². The van der Waals surface area contributed by atoms with E-state index < -0.39 is 0 Å². The number of hydrogen-bond donors (Lipinski definition) is 3. The number of urea groups is 1. The topological polar surface area (TPSA) is 81.7 Å². The van der Waals surface area contributed by atoms with Crippen LogP contribution in [-0.2, 0) is 11.3 Å². The van der Waals surface area contributed by atoms with Crippen molar-refractivity contribution in [3.63, 3.8) is 0 Å². The maximum absolute atomic E-state index is 12.0. The molecule has 0 spiro atoms. The van der Waals surface area contributed by atoms with Gasteiger partial charge in [-0.05, 0) is 33.6 Å². The lowest BCUT2D eigenvalue weighted by atomic mass is 10.2. The van der Waals surface area contributed by atoms with Gasteiger partial charge in [0, 0.05) is 32.6 Å². The highest BCUT2D eigenvalue weighted by Gasteiger charge is 2.17. The molecule has 3 amide bonds. The van der Waals surface area contributed by atoms with Gasteiger partial charge in [-0.1, -0.05) is 6.07 Å². The molecule has 1 saturated heterocycles. The van der Waals surface area contributed by atoms with E-state index in [2.05, 4.69) is 26.6 Å². The molecule has 6 nitrogen and oxygen atoms in total. The lowest BCUT2D eigenvalue weighted by molar-refractivity contribution is -0.120. The molecule has 20 heavy (non-hydrogen) atoms. The minimum absolute atomic E-state index is 0.0252. The van der Waals surface area contributed by atoms with Gasteiger partial charge in [-0.25, -0.2) is 4.79 Å². The Morgan fingerprint density at radius 1 is 1.45 bits per heavy atom. The number of aromatic hydroxyl groups is 1. The van der Waals surface area contributed by atoms with Gasteiger partial charge in [-0.15, -0.1) is 0 Å². The molecule has 0 bridgehead atoms. The van der Waals surface area contributed by atoms with E-state index in [9.17, 15) is 14.7 Å². The van der Waals surface area contributed by atoms with Crippen LogP contribution in [0.15, 0.2) is 22.7 Å². The number of rotatable bonds is 2. The second-order valence-corrected chi connectivity index (χ2v) is 5.39. The van der Waals surface area contributed by atoms with Crippen molar-refractivity contribution in [1.82, 2.24) is 15.5 Å². The highest BCUT2D eigenvalue weighted by atomic mass is 79.9. The van der Waals surface area contributed by atoms with Crippen molar-refractivity contribution >= 4 is 27.9 Å². The lowest BCUT2D eigenvalue weighted by Crippen LogP contribution is -2.41. The number of hydrogen-bond acceptors (Lipinski definition) is 3.